The van der Waals surface area contributed by atoms with Crippen molar-refractivity contribution in [1.82, 2.24) is 0 Å². The van der Waals surface area contributed by atoms with Gasteiger partial charge in [0.25, 0.3) is 0 Å². The SMILES string of the molecule is COC(=O)C[C@H]1CCCC[C@]12C(=O)CCc1ccccc12. The van der Waals surface area contributed by atoms with Crippen LogP contribution < -0.4 is 0 Å². The molecule has 2 aliphatic carbocycles. The van der Waals surface area contributed by atoms with Crippen molar-refractivity contribution in [1.29, 1.82) is 0 Å². The molecule has 0 heterocycles. The van der Waals surface area contributed by atoms with Gasteiger partial charge in [-0.25, -0.2) is 0 Å². The molecular formula is C18H22O3. The van der Waals surface area contributed by atoms with E-state index in [1.54, 1.807) is 0 Å². The van der Waals surface area contributed by atoms with Crippen LogP contribution in [0.15, 0.2) is 24.3 Å². The molecule has 0 N–H and O–H groups in total. The molecule has 2 aliphatic rings. The Balaban J connectivity index is 2.06. The summed E-state index contributed by atoms with van der Waals surface area (Å²) in [5, 5.41) is 0. The maximum absolute atomic E-state index is 12.9. The minimum atomic E-state index is -0.443. The molecule has 0 bridgehead atoms. The lowest BCUT2D eigenvalue weighted by molar-refractivity contribution is -0.143. The van der Waals surface area contributed by atoms with Crippen LogP contribution in [-0.4, -0.2) is 18.9 Å². The predicted molar refractivity (Wildman–Crippen MR) is 80.0 cm³/mol. The Hall–Kier alpha value is -1.64. The van der Waals surface area contributed by atoms with Gasteiger partial charge in [-0.05, 0) is 36.3 Å². The summed E-state index contributed by atoms with van der Waals surface area (Å²) in [5.41, 5.74) is 2.02. The third-order valence-electron chi connectivity index (χ3n) is 5.33. The highest BCUT2D eigenvalue weighted by Gasteiger charge is 2.50. The Labute approximate surface area is 125 Å². The monoisotopic (exact) mass is 286 g/mol. The molecule has 1 saturated carbocycles. The van der Waals surface area contributed by atoms with Crippen molar-refractivity contribution in [2.24, 2.45) is 5.92 Å². The van der Waals surface area contributed by atoms with E-state index >= 15 is 0 Å². The van der Waals surface area contributed by atoms with E-state index in [1.165, 1.54) is 18.2 Å². The lowest BCUT2D eigenvalue weighted by atomic mass is 9.56. The van der Waals surface area contributed by atoms with Crippen molar-refractivity contribution < 1.29 is 14.3 Å². The zero-order valence-corrected chi connectivity index (χ0v) is 12.6. The lowest BCUT2D eigenvalue weighted by Gasteiger charge is -2.46. The van der Waals surface area contributed by atoms with Crippen molar-refractivity contribution >= 4 is 11.8 Å². The highest BCUT2D eigenvalue weighted by molar-refractivity contribution is 5.93. The van der Waals surface area contributed by atoms with Gasteiger partial charge in [-0.3, -0.25) is 9.59 Å². The van der Waals surface area contributed by atoms with Gasteiger partial charge in [0.05, 0.1) is 12.5 Å². The first-order chi connectivity index (χ1) is 10.2. The van der Waals surface area contributed by atoms with Crippen LogP contribution in [0.4, 0.5) is 0 Å². The lowest BCUT2D eigenvalue weighted by Crippen LogP contribution is -2.48. The Kier molecular flexibility index (Phi) is 3.83. The standard InChI is InChI=1S/C18H22O3/c1-21-17(20)12-14-7-4-5-11-18(14)15-8-3-2-6-13(15)9-10-16(18)19/h2-3,6,8,14H,4-5,7,9-12H2,1H3/t14-,18+/m1/s1. The van der Waals surface area contributed by atoms with Gasteiger partial charge in [-0.1, -0.05) is 37.1 Å². The van der Waals surface area contributed by atoms with Gasteiger partial charge in [0.1, 0.15) is 5.78 Å². The fraction of sp³-hybridized carbons (Fsp3) is 0.556. The van der Waals surface area contributed by atoms with Crippen LogP contribution in [0.2, 0.25) is 0 Å². The number of ether oxygens (including phenoxy) is 1. The van der Waals surface area contributed by atoms with Crippen LogP contribution in [0.3, 0.4) is 0 Å². The van der Waals surface area contributed by atoms with Crippen molar-refractivity contribution in [2.75, 3.05) is 7.11 Å². The maximum Gasteiger partial charge on any atom is 0.305 e. The number of hydrogen-bond donors (Lipinski definition) is 0. The molecule has 0 aliphatic heterocycles. The molecule has 0 aromatic heterocycles. The molecule has 0 amide bonds. The van der Waals surface area contributed by atoms with E-state index in [1.807, 2.05) is 12.1 Å². The van der Waals surface area contributed by atoms with Crippen LogP contribution in [0.25, 0.3) is 0 Å². The number of aryl methyl sites for hydroxylation is 1. The first-order valence-electron chi connectivity index (χ1n) is 7.87. The number of Topliss-reactive ketones (excluding diaryl/α,β-unsaturated/α-hetero) is 1. The topological polar surface area (TPSA) is 43.4 Å². The Bertz CT molecular complexity index is 563. The number of carbonyl (C=O) groups is 2. The van der Waals surface area contributed by atoms with Gasteiger partial charge >= 0.3 is 5.97 Å². The second-order valence-corrected chi connectivity index (χ2v) is 6.27. The highest BCUT2D eigenvalue weighted by Crippen LogP contribution is 2.50. The molecule has 1 spiro atoms. The number of benzene rings is 1. The fourth-order valence-corrected chi connectivity index (χ4v) is 4.32. The summed E-state index contributed by atoms with van der Waals surface area (Å²) in [4.78, 5) is 24.7. The molecule has 3 heteroatoms. The average molecular weight is 286 g/mol. The van der Waals surface area contributed by atoms with Crippen LogP contribution in [0.1, 0.15) is 49.7 Å². The van der Waals surface area contributed by atoms with E-state index in [-0.39, 0.29) is 11.9 Å². The fourth-order valence-electron chi connectivity index (χ4n) is 4.32. The van der Waals surface area contributed by atoms with Crippen molar-refractivity contribution in [3.8, 4) is 0 Å². The largest absolute Gasteiger partial charge is 0.469 e. The second-order valence-electron chi connectivity index (χ2n) is 6.27. The van der Waals surface area contributed by atoms with Crippen LogP contribution in [0, 0.1) is 5.92 Å². The third-order valence-corrected chi connectivity index (χ3v) is 5.33. The zero-order valence-electron chi connectivity index (χ0n) is 12.6. The van der Waals surface area contributed by atoms with E-state index in [9.17, 15) is 9.59 Å². The molecule has 1 fully saturated rings. The maximum atomic E-state index is 12.9. The molecule has 112 valence electrons. The Morgan fingerprint density at radius 1 is 1.29 bits per heavy atom. The summed E-state index contributed by atoms with van der Waals surface area (Å²) in [7, 11) is 1.43. The zero-order chi connectivity index (χ0) is 14.9. The molecule has 0 radical (unpaired) electrons. The van der Waals surface area contributed by atoms with Crippen LogP contribution in [-0.2, 0) is 26.2 Å². The van der Waals surface area contributed by atoms with E-state index < -0.39 is 5.41 Å². The summed E-state index contributed by atoms with van der Waals surface area (Å²) in [5.74, 6) is 0.222. The van der Waals surface area contributed by atoms with Gasteiger partial charge < -0.3 is 4.74 Å². The van der Waals surface area contributed by atoms with E-state index in [4.69, 9.17) is 4.74 Å². The van der Waals surface area contributed by atoms with Gasteiger partial charge in [-0.15, -0.1) is 0 Å². The average Bonchev–Trinajstić information content (AvgIpc) is 2.53. The molecule has 0 saturated heterocycles. The first-order valence-corrected chi connectivity index (χ1v) is 7.87. The van der Waals surface area contributed by atoms with Crippen molar-refractivity contribution in [3.05, 3.63) is 35.4 Å². The van der Waals surface area contributed by atoms with Crippen LogP contribution in [0.5, 0.6) is 0 Å². The summed E-state index contributed by atoms with van der Waals surface area (Å²) in [6.45, 7) is 0. The number of methoxy groups -OCH3 is 1. The smallest absolute Gasteiger partial charge is 0.305 e. The molecule has 3 nitrogen and oxygen atoms in total. The van der Waals surface area contributed by atoms with Crippen molar-refractivity contribution in [3.63, 3.8) is 0 Å². The molecule has 2 atom stereocenters. The van der Waals surface area contributed by atoms with E-state index in [0.29, 0.717) is 18.6 Å². The van der Waals surface area contributed by atoms with E-state index in [2.05, 4.69) is 12.1 Å². The van der Waals surface area contributed by atoms with Crippen molar-refractivity contribution in [2.45, 2.75) is 50.4 Å². The van der Waals surface area contributed by atoms with E-state index in [0.717, 1.165) is 32.1 Å². The number of carbonyl (C=O) groups excluding carboxylic acids is 2. The third kappa shape index (κ3) is 2.29. The van der Waals surface area contributed by atoms with Gasteiger partial charge in [0.15, 0.2) is 0 Å². The molecule has 0 unspecified atom stereocenters. The Morgan fingerprint density at radius 2 is 2.10 bits per heavy atom. The number of esters is 1. The first kappa shape index (κ1) is 14.3. The number of fused-ring (bicyclic) bond motifs is 2. The van der Waals surface area contributed by atoms with Gasteiger partial charge in [0, 0.05) is 12.8 Å². The van der Waals surface area contributed by atoms with Crippen LogP contribution >= 0.6 is 0 Å². The molecule has 3 rings (SSSR count). The molecule has 21 heavy (non-hydrogen) atoms. The van der Waals surface area contributed by atoms with Gasteiger partial charge in [0.2, 0.25) is 0 Å². The summed E-state index contributed by atoms with van der Waals surface area (Å²) in [6, 6.07) is 8.29. The molecular weight excluding hydrogens is 264 g/mol. The van der Waals surface area contributed by atoms with Gasteiger partial charge in [-0.2, -0.15) is 0 Å². The number of hydrogen-bond acceptors (Lipinski definition) is 3. The summed E-state index contributed by atoms with van der Waals surface area (Å²) >= 11 is 0. The summed E-state index contributed by atoms with van der Waals surface area (Å²) < 4.78 is 4.86. The minimum Gasteiger partial charge on any atom is -0.469 e. The molecule has 1 aromatic carbocycles. The number of ketones is 1. The summed E-state index contributed by atoms with van der Waals surface area (Å²) in [6.07, 6.45) is 5.78. The Morgan fingerprint density at radius 3 is 2.90 bits per heavy atom. The normalized spacial score (nSPS) is 28.2. The minimum absolute atomic E-state index is 0.0904. The highest BCUT2D eigenvalue weighted by atomic mass is 16.5. The second kappa shape index (κ2) is 5.63. The molecule has 1 aromatic rings. The number of rotatable bonds is 2. The predicted octanol–water partition coefficient (Wildman–Crippen LogP) is 3.19. The quantitative estimate of drug-likeness (QED) is 0.784.